The quantitative estimate of drug-likeness (QED) is 0.696. The molecule has 0 fully saturated rings. The number of amides is 1. The minimum Gasteiger partial charge on any atom is -0.337 e. The third kappa shape index (κ3) is 3.14. The van der Waals surface area contributed by atoms with Crippen molar-refractivity contribution in [1.82, 2.24) is 9.88 Å². The molecule has 0 saturated heterocycles. The van der Waals surface area contributed by atoms with E-state index < -0.39 is 0 Å². The molecule has 0 aliphatic carbocycles. The van der Waals surface area contributed by atoms with Crippen LogP contribution in [0.2, 0.25) is 0 Å². The maximum Gasteiger partial charge on any atom is 0.253 e. The molecule has 0 atom stereocenters. The van der Waals surface area contributed by atoms with Gasteiger partial charge in [0, 0.05) is 30.7 Å². The van der Waals surface area contributed by atoms with Crippen LogP contribution in [0.3, 0.4) is 0 Å². The number of aromatic nitrogens is 1. The van der Waals surface area contributed by atoms with E-state index in [-0.39, 0.29) is 5.91 Å². The summed E-state index contributed by atoms with van der Waals surface area (Å²) < 4.78 is 1.08. The first kappa shape index (κ1) is 14.2. The Kier molecular flexibility index (Phi) is 4.03. The van der Waals surface area contributed by atoms with Crippen LogP contribution in [0.4, 0.5) is 0 Å². The molecule has 1 amide bonds. The highest BCUT2D eigenvalue weighted by atomic mass is 79.9. The molecule has 0 spiro atoms. The second kappa shape index (κ2) is 5.95. The van der Waals surface area contributed by atoms with Gasteiger partial charge in [-0.05, 0) is 57.2 Å². The zero-order valence-electron chi connectivity index (χ0n) is 11.4. The van der Waals surface area contributed by atoms with Crippen LogP contribution >= 0.6 is 27.3 Å². The van der Waals surface area contributed by atoms with Crippen LogP contribution < -0.4 is 0 Å². The summed E-state index contributed by atoms with van der Waals surface area (Å²) in [6.07, 6.45) is 1.75. The minimum absolute atomic E-state index is 0.0167. The molecular weight excluding hydrogens is 348 g/mol. The molecule has 3 rings (SSSR count). The molecule has 2 aromatic heterocycles. The summed E-state index contributed by atoms with van der Waals surface area (Å²) in [7, 11) is 1.82. The van der Waals surface area contributed by atoms with Gasteiger partial charge in [0.05, 0.1) is 9.30 Å². The molecule has 21 heavy (non-hydrogen) atoms. The standard InChI is InChI=1S/C16H13BrN2OS/c1-19(9-11-7-15(17)21-10-11)16(20)13-4-5-14-12(8-13)3-2-6-18-14/h2-8,10H,9H2,1H3. The Morgan fingerprint density at radius 3 is 2.95 bits per heavy atom. The number of halogens is 1. The van der Waals surface area contributed by atoms with E-state index in [1.54, 1.807) is 22.4 Å². The number of benzene rings is 1. The van der Waals surface area contributed by atoms with Crippen LogP contribution in [0, 0.1) is 0 Å². The lowest BCUT2D eigenvalue weighted by Gasteiger charge is -2.16. The van der Waals surface area contributed by atoms with E-state index in [4.69, 9.17) is 0 Å². The third-order valence-electron chi connectivity index (χ3n) is 3.24. The highest BCUT2D eigenvalue weighted by Gasteiger charge is 2.13. The first-order valence-electron chi connectivity index (χ1n) is 6.46. The van der Waals surface area contributed by atoms with E-state index in [2.05, 4.69) is 26.3 Å². The van der Waals surface area contributed by atoms with Crippen LogP contribution in [0.5, 0.6) is 0 Å². The fourth-order valence-electron chi connectivity index (χ4n) is 2.20. The normalized spacial score (nSPS) is 10.8. The van der Waals surface area contributed by atoms with Crippen LogP contribution in [0.15, 0.2) is 51.8 Å². The Morgan fingerprint density at radius 1 is 1.33 bits per heavy atom. The fraction of sp³-hybridized carbons (Fsp3) is 0.125. The largest absolute Gasteiger partial charge is 0.337 e. The summed E-state index contributed by atoms with van der Waals surface area (Å²) in [6.45, 7) is 0.603. The zero-order valence-corrected chi connectivity index (χ0v) is 13.8. The van der Waals surface area contributed by atoms with E-state index in [0.29, 0.717) is 12.1 Å². The van der Waals surface area contributed by atoms with Gasteiger partial charge >= 0.3 is 0 Å². The first-order chi connectivity index (χ1) is 10.1. The second-order valence-electron chi connectivity index (χ2n) is 4.83. The Morgan fingerprint density at radius 2 is 2.19 bits per heavy atom. The van der Waals surface area contributed by atoms with Crippen molar-refractivity contribution in [2.45, 2.75) is 6.54 Å². The van der Waals surface area contributed by atoms with E-state index in [1.165, 1.54) is 0 Å². The molecule has 0 N–H and O–H groups in total. The Bertz CT molecular complexity index is 800. The van der Waals surface area contributed by atoms with Gasteiger partial charge in [-0.3, -0.25) is 9.78 Å². The number of rotatable bonds is 3. The molecule has 106 valence electrons. The van der Waals surface area contributed by atoms with E-state index in [1.807, 2.05) is 43.4 Å². The third-order valence-corrected chi connectivity index (χ3v) is 4.79. The van der Waals surface area contributed by atoms with Gasteiger partial charge in [0.25, 0.3) is 5.91 Å². The summed E-state index contributed by atoms with van der Waals surface area (Å²) in [4.78, 5) is 18.5. The number of hydrogen-bond acceptors (Lipinski definition) is 3. The smallest absolute Gasteiger partial charge is 0.253 e. The van der Waals surface area contributed by atoms with Crippen molar-refractivity contribution < 1.29 is 4.79 Å². The second-order valence-corrected chi connectivity index (χ2v) is 7.12. The van der Waals surface area contributed by atoms with Crippen LogP contribution in [-0.2, 0) is 6.54 Å². The van der Waals surface area contributed by atoms with Gasteiger partial charge in [0.15, 0.2) is 0 Å². The molecule has 0 saturated carbocycles. The van der Waals surface area contributed by atoms with Crippen LogP contribution in [-0.4, -0.2) is 22.8 Å². The van der Waals surface area contributed by atoms with Gasteiger partial charge < -0.3 is 4.90 Å². The van der Waals surface area contributed by atoms with Crippen molar-refractivity contribution in [2.75, 3.05) is 7.05 Å². The minimum atomic E-state index is 0.0167. The molecule has 0 radical (unpaired) electrons. The lowest BCUT2D eigenvalue weighted by Crippen LogP contribution is -2.25. The Labute approximate surface area is 135 Å². The highest BCUT2D eigenvalue weighted by Crippen LogP contribution is 2.22. The maximum absolute atomic E-state index is 12.5. The number of fused-ring (bicyclic) bond motifs is 1. The van der Waals surface area contributed by atoms with Crippen molar-refractivity contribution in [3.63, 3.8) is 0 Å². The highest BCUT2D eigenvalue weighted by molar-refractivity contribution is 9.11. The van der Waals surface area contributed by atoms with Crippen molar-refractivity contribution in [2.24, 2.45) is 0 Å². The van der Waals surface area contributed by atoms with E-state index in [9.17, 15) is 4.79 Å². The molecule has 0 aliphatic rings. The zero-order chi connectivity index (χ0) is 14.8. The molecule has 0 bridgehead atoms. The number of pyridine rings is 1. The fourth-order valence-corrected chi connectivity index (χ4v) is 3.40. The van der Waals surface area contributed by atoms with Crippen molar-refractivity contribution >= 4 is 44.1 Å². The molecule has 0 unspecified atom stereocenters. The number of thiophene rings is 1. The van der Waals surface area contributed by atoms with E-state index >= 15 is 0 Å². The SMILES string of the molecule is CN(Cc1csc(Br)c1)C(=O)c1ccc2ncccc2c1. The Hall–Kier alpha value is -1.72. The number of hydrogen-bond donors (Lipinski definition) is 0. The number of carbonyl (C=O) groups is 1. The van der Waals surface area contributed by atoms with Crippen molar-refractivity contribution in [1.29, 1.82) is 0 Å². The average Bonchev–Trinajstić information content (AvgIpc) is 2.91. The molecule has 0 aliphatic heterocycles. The molecular formula is C16H13BrN2OS. The van der Waals surface area contributed by atoms with Gasteiger partial charge in [-0.1, -0.05) is 6.07 Å². The van der Waals surface area contributed by atoms with Crippen molar-refractivity contribution in [3.05, 3.63) is 62.9 Å². The van der Waals surface area contributed by atoms with Gasteiger partial charge in [0.2, 0.25) is 0 Å². The first-order valence-corrected chi connectivity index (χ1v) is 8.14. The lowest BCUT2D eigenvalue weighted by atomic mass is 10.1. The predicted molar refractivity (Wildman–Crippen MR) is 89.6 cm³/mol. The molecule has 1 aromatic carbocycles. The van der Waals surface area contributed by atoms with Gasteiger partial charge in [-0.2, -0.15) is 0 Å². The predicted octanol–water partition coefficient (Wildman–Crippen LogP) is 4.33. The van der Waals surface area contributed by atoms with Crippen LogP contribution in [0.1, 0.15) is 15.9 Å². The van der Waals surface area contributed by atoms with Crippen LogP contribution in [0.25, 0.3) is 10.9 Å². The van der Waals surface area contributed by atoms with Gasteiger partial charge in [-0.15, -0.1) is 11.3 Å². The Balaban J connectivity index is 1.82. The molecule has 3 nitrogen and oxygen atoms in total. The summed E-state index contributed by atoms with van der Waals surface area (Å²) in [5.74, 6) is 0.0167. The summed E-state index contributed by atoms with van der Waals surface area (Å²) >= 11 is 5.07. The molecule has 5 heteroatoms. The summed E-state index contributed by atoms with van der Waals surface area (Å²) in [5.41, 5.74) is 2.72. The number of nitrogens with zero attached hydrogens (tertiary/aromatic N) is 2. The lowest BCUT2D eigenvalue weighted by molar-refractivity contribution is 0.0785. The van der Waals surface area contributed by atoms with Gasteiger partial charge in [-0.25, -0.2) is 0 Å². The van der Waals surface area contributed by atoms with E-state index in [0.717, 1.165) is 20.3 Å². The monoisotopic (exact) mass is 360 g/mol. The topological polar surface area (TPSA) is 33.2 Å². The summed E-state index contributed by atoms with van der Waals surface area (Å²) in [6, 6.07) is 11.5. The summed E-state index contributed by atoms with van der Waals surface area (Å²) in [5, 5.41) is 3.04. The number of carbonyl (C=O) groups excluding carboxylic acids is 1. The average molecular weight is 361 g/mol. The molecule has 2 heterocycles. The van der Waals surface area contributed by atoms with Gasteiger partial charge in [0.1, 0.15) is 0 Å². The van der Waals surface area contributed by atoms with Crippen molar-refractivity contribution in [3.8, 4) is 0 Å². The molecule has 3 aromatic rings. The maximum atomic E-state index is 12.5.